The number of carbonyl (C=O) groups is 4. The molecule has 164 valence electrons. The van der Waals surface area contributed by atoms with Crippen LogP contribution in [0, 0.1) is 24.0 Å². The number of hydrogen-bond acceptors (Lipinski definition) is 10. The monoisotopic (exact) mass is 450 g/mol. The van der Waals surface area contributed by atoms with Crippen molar-refractivity contribution in [2.75, 3.05) is 26.1 Å². The molecule has 0 aliphatic rings. The average molecular weight is 450 g/mol. The lowest BCUT2D eigenvalue weighted by atomic mass is 10.1. The van der Waals surface area contributed by atoms with E-state index in [0.29, 0.717) is 0 Å². The second-order valence-corrected chi connectivity index (χ2v) is 7.10. The Labute approximate surface area is 180 Å². The lowest BCUT2D eigenvalue weighted by molar-refractivity contribution is -0.385. The zero-order chi connectivity index (χ0) is 23.3. The molecule has 0 bridgehead atoms. The van der Waals surface area contributed by atoms with Gasteiger partial charge < -0.3 is 19.5 Å². The summed E-state index contributed by atoms with van der Waals surface area (Å²) in [5, 5.41) is 13.4. The lowest BCUT2D eigenvalue weighted by Crippen LogP contribution is -2.22. The van der Waals surface area contributed by atoms with Gasteiger partial charge in [0.1, 0.15) is 9.88 Å². The molecule has 0 saturated heterocycles. The van der Waals surface area contributed by atoms with Gasteiger partial charge in [-0.2, -0.15) is 0 Å². The van der Waals surface area contributed by atoms with Crippen LogP contribution in [0.15, 0.2) is 18.2 Å². The first kappa shape index (κ1) is 23.5. The van der Waals surface area contributed by atoms with E-state index in [2.05, 4.69) is 14.8 Å². The van der Waals surface area contributed by atoms with Gasteiger partial charge in [-0.25, -0.2) is 14.4 Å². The first-order valence-corrected chi connectivity index (χ1v) is 9.45. The summed E-state index contributed by atoms with van der Waals surface area (Å²) in [4.78, 5) is 58.9. The van der Waals surface area contributed by atoms with Crippen LogP contribution >= 0.6 is 11.3 Å². The summed E-state index contributed by atoms with van der Waals surface area (Å²) in [6.45, 7) is 2.15. The van der Waals surface area contributed by atoms with Crippen LogP contribution in [0.1, 0.15) is 41.5 Å². The molecule has 1 aromatic heterocycles. The fourth-order valence-electron chi connectivity index (χ4n) is 2.65. The first-order valence-electron chi connectivity index (χ1n) is 8.63. The summed E-state index contributed by atoms with van der Waals surface area (Å²) in [5.74, 6) is -3.19. The second kappa shape index (κ2) is 9.80. The molecule has 0 saturated carbocycles. The van der Waals surface area contributed by atoms with Gasteiger partial charge in [-0.1, -0.05) is 6.07 Å². The van der Waals surface area contributed by atoms with Crippen molar-refractivity contribution in [1.29, 1.82) is 0 Å². The molecule has 0 fully saturated rings. The summed E-state index contributed by atoms with van der Waals surface area (Å²) < 4.78 is 14.3. The molecule has 2 aromatic rings. The number of rotatable bonds is 7. The van der Waals surface area contributed by atoms with Crippen LogP contribution in [0.5, 0.6) is 0 Å². The largest absolute Gasteiger partial charge is 0.465 e. The second-order valence-electron chi connectivity index (χ2n) is 6.07. The molecule has 0 radical (unpaired) electrons. The van der Waals surface area contributed by atoms with Crippen molar-refractivity contribution in [1.82, 2.24) is 0 Å². The fourth-order valence-corrected chi connectivity index (χ4v) is 3.78. The fraction of sp³-hybridized carbons (Fsp3) is 0.263. The summed E-state index contributed by atoms with van der Waals surface area (Å²) in [6.07, 6.45) is 0. The predicted molar refractivity (Wildman–Crippen MR) is 108 cm³/mol. The number of esters is 3. The molecule has 1 heterocycles. The highest BCUT2D eigenvalue weighted by atomic mass is 32.1. The number of benzene rings is 1. The number of nitrogens with one attached hydrogen (secondary N) is 1. The highest BCUT2D eigenvalue weighted by molar-refractivity contribution is 7.18. The maximum Gasteiger partial charge on any atom is 0.348 e. The highest BCUT2D eigenvalue weighted by Crippen LogP contribution is 2.34. The number of hydrogen-bond donors (Lipinski definition) is 1. The summed E-state index contributed by atoms with van der Waals surface area (Å²) >= 11 is 0.806. The zero-order valence-corrected chi connectivity index (χ0v) is 17.8. The standard InChI is InChI=1S/C19H18N2O9S/c1-9-11(6-5-7-12(9)21(26)27)17(23)30-8-13(22)20-16-14(18(24)28-3)10(2)15(31-16)19(25)29-4/h5-7H,8H2,1-4H3,(H,20,22). The van der Waals surface area contributed by atoms with Crippen molar-refractivity contribution in [3.8, 4) is 0 Å². The summed E-state index contributed by atoms with van der Waals surface area (Å²) in [6, 6.07) is 3.90. The van der Waals surface area contributed by atoms with Gasteiger partial charge in [-0.15, -0.1) is 11.3 Å². The Hall–Kier alpha value is -3.80. The molecule has 1 N–H and O–H groups in total. The van der Waals surface area contributed by atoms with E-state index in [9.17, 15) is 29.3 Å². The normalized spacial score (nSPS) is 10.2. The average Bonchev–Trinajstić information content (AvgIpc) is 3.06. The van der Waals surface area contributed by atoms with E-state index >= 15 is 0 Å². The van der Waals surface area contributed by atoms with Gasteiger partial charge in [0.2, 0.25) is 0 Å². The smallest absolute Gasteiger partial charge is 0.348 e. The third-order valence-electron chi connectivity index (χ3n) is 4.22. The van der Waals surface area contributed by atoms with Crippen molar-refractivity contribution >= 4 is 45.8 Å². The molecule has 0 atom stereocenters. The van der Waals surface area contributed by atoms with Crippen LogP contribution in [0.2, 0.25) is 0 Å². The third kappa shape index (κ3) is 5.04. The molecule has 31 heavy (non-hydrogen) atoms. The molecule has 12 heteroatoms. The maximum absolute atomic E-state index is 12.3. The molecule has 1 aromatic carbocycles. The lowest BCUT2D eigenvalue weighted by Gasteiger charge is -2.08. The predicted octanol–water partition coefficient (Wildman–Crippen LogP) is 2.64. The van der Waals surface area contributed by atoms with E-state index in [1.54, 1.807) is 0 Å². The number of anilines is 1. The van der Waals surface area contributed by atoms with Crippen molar-refractivity contribution in [2.45, 2.75) is 13.8 Å². The van der Waals surface area contributed by atoms with Gasteiger partial charge in [0.15, 0.2) is 6.61 Å². The molecule has 1 amide bonds. The van der Waals surface area contributed by atoms with E-state index in [1.807, 2.05) is 0 Å². The number of thiophene rings is 1. The van der Waals surface area contributed by atoms with E-state index < -0.39 is 35.3 Å². The highest BCUT2D eigenvalue weighted by Gasteiger charge is 2.27. The van der Waals surface area contributed by atoms with Crippen molar-refractivity contribution in [3.05, 3.63) is 55.4 Å². The Kier molecular flexibility index (Phi) is 7.42. The van der Waals surface area contributed by atoms with E-state index in [4.69, 9.17) is 4.74 Å². The Morgan fingerprint density at radius 3 is 2.26 bits per heavy atom. The number of amides is 1. The van der Waals surface area contributed by atoms with Gasteiger partial charge in [-0.3, -0.25) is 14.9 Å². The minimum atomic E-state index is -0.929. The number of nitrogens with zero attached hydrogens (tertiary/aromatic N) is 1. The Bertz CT molecular complexity index is 1070. The van der Waals surface area contributed by atoms with Crippen LogP contribution < -0.4 is 5.32 Å². The van der Waals surface area contributed by atoms with E-state index in [-0.39, 0.29) is 37.8 Å². The number of nitro groups is 1. The van der Waals surface area contributed by atoms with E-state index in [1.165, 1.54) is 39.2 Å². The molecule has 2 rings (SSSR count). The van der Waals surface area contributed by atoms with Gasteiger partial charge in [0.05, 0.1) is 30.3 Å². The van der Waals surface area contributed by atoms with Gasteiger partial charge >= 0.3 is 17.9 Å². The molecule has 0 aliphatic carbocycles. The SMILES string of the molecule is COC(=O)c1sc(NC(=O)COC(=O)c2cccc([N+](=O)[O-])c2C)c(C(=O)OC)c1C. The molecular formula is C19H18N2O9S. The molecular weight excluding hydrogens is 432 g/mol. The van der Waals surface area contributed by atoms with Crippen LogP contribution in [0.3, 0.4) is 0 Å². The Morgan fingerprint density at radius 2 is 1.68 bits per heavy atom. The van der Waals surface area contributed by atoms with Crippen molar-refractivity contribution in [3.63, 3.8) is 0 Å². The summed E-state index contributed by atoms with van der Waals surface area (Å²) in [7, 11) is 2.32. The van der Waals surface area contributed by atoms with Crippen LogP contribution in [0.25, 0.3) is 0 Å². The number of nitro benzene ring substituents is 1. The van der Waals surface area contributed by atoms with Gasteiger partial charge in [-0.05, 0) is 25.5 Å². The minimum absolute atomic E-state index is 0.0253. The Balaban J connectivity index is 2.17. The number of methoxy groups -OCH3 is 2. The quantitative estimate of drug-likeness (QED) is 0.290. The number of carbonyl (C=O) groups excluding carboxylic acids is 4. The van der Waals surface area contributed by atoms with E-state index in [0.717, 1.165) is 18.4 Å². The third-order valence-corrected chi connectivity index (χ3v) is 5.40. The van der Waals surface area contributed by atoms with Crippen molar-refractivity contribution in [2.24, 2.45) is 0 Å². The molecule has 0 spiro atoms. The Morgan fingerprint density at radius 1 is 1.03 bits per heavy atom. The maximum atomic E-state index is 12.3. The van der Waals surface area contributed by atoms with Crippen LogP contribution in [0.4, 0.5) is 10.7 Å². The topological polar surface area (TPSA) is 151 Å². The summed E-state index contributed by atoms with van der Waals surface area (Å²) in [5.41, 5.74) is 0.0241. The van der Waals surface area contributed by atoms with Crippen LogP contribution in [-0.2, 0) is 19.0 Å². The van der Waals surface area contributed by atoms with Gasteiger partial charge in [0, 0.05) is 11.6 Å². The minimum Gasteiger partial charge on any atom is -0.465 e. The molecule has 11 nitrogen and oxygen atoms in total. The van der Waals surface area contributed by atoms with Crippen molar-refractivity contribution < 1.29 is 38.3 Å². The molecule has 0 aliphatic heterocycles. The van der Waals surface area contributed by atoms with Crippen LogP contribution in [-0.4, -0.2) is 49.6 Å². The first-order chi connectivity index (χ1) is 14.6. The number of ether oxygens (including phenoxy) is 3. The zero-order valence-electron chi connectivity index (χ0n) is 17.0. The van der Waals surface area contributed by atoms with Gasteiger partial charge in [0.25, 0.3) is 11.6 Å². The molecule has 0 unspecified atom stereocenters.